The minimum atomic E-state index is -4.10. The van der Waals surface area contributed by atoms with Gasteiger partial charge < -0.3 is 0 Å². The van der Waals surface area contributed by atoms with Crippen LogP contribution in [-0.2, 0) is 19.9 Å². The van der Waals surface area contributed by atoms with Crippen LogP contribution in [-0.4, -0.2) is 18.8 Å². The molecule has 0 heterocycles. The maximum absolute atomic E-state index is 12.7. The topological polar surface area (TPSA) is 55.4 Å². The van der Waals surface area contributed by atoms with Crippen LogP contribution in [0.4, 0.5) is 0 Å². The molecule has 2 aliphatic carbocycles. The number of rotatable bonds is 6. The third-order valence-electron chi connectivity index (χ3n) is 7.73. The first-order valence-electron chi connectivity index (χ1n) is 11.1. The van der Waals surface area contributed by atoms with Crippen molar-refractivity contribution >= 4 is 45.1 Å². The van der Waals surface area contributed by atoms with Crippen LogP contribution in [0.1, 0.15) is 95.4 Å². The summed E-state index contributed by atoms with van der Waals surface area (Å²) in [5, 5.41) is 0. The molecule has 1 aromatic rings. The normalized spacial score (nSPS) is 31.4. The lowest BCUT2D eigenvalue weighted by Crippen LogP contribution is -2.51. The van der Waals surface area contributed by atoms with E-state index in [-0.39, 0.29) is 16.9 Å². The van der Waals surface area contributed by atoms with Gasteiger partial charge in [0.1, 0.15) is 6.61 Å². The molecule has 1 fully saturated rings. The summed E-state index contributed by atoms with van der Waals surface area (Å²) >= 11 is 17.1. The second-order valence-corrected chi connectivity index (χ2v) is 14.0. The molecular formula is C23H34Cl3NO3S. The fourth-order valence-corrected chi connectivity index (χ4v) is 7.17. The third-order valence-corrected chi connectivity index (χ3v) is 9.06. The van der Waals surface area contributed by atoms with Crippen LogP contribution in [0, 0.1) is 11.3 Å². The number of hydrogen-bond acceptors (Lipinski definition) is 3. The zero-order valence-electron chi connectivity index (χ0n) is 19.0. The summed E-state index contributed by atoms with van der Waals surface area (Å²) < 4.78 is 31.4. The van der Waals surface area contributed by atoms with E-state index in [9.17, 15) is 8.42 Å². The van der Waals surface area contributed by atoms with Crippen LogP contribution in [0.15, 0.2) is 18.2 Å². The van der Waals surface area contributed by atoms with Crippen molar-refractivity contribution in [1.29, 1.82) is 0 Å². The number of hydrogen-bond donors (Lipinski definition) is 1. The van der Waals surface area contributed by atoms with Crippen LogP contribution in [0.2, 0.25) is 0 Å². The summed E-state index contributed by atoms with van der Waals surface area (Å²) in [6, 6.07) is 6.21. The summed E-state index contributed by atoms with van der Waals surface area (Å²) in [6.07, 6.45) is 5.25. The molecule has 0 saturated heterocycles. The van der Waals surface area contributed by atoms with Crippen molar-refractivity contribution < 1.29 is 12.6 Å². The number of halogens is 3. The van der Waals surface area contributed by atoms with E-state index in [1.54, 1.807) is 0 Å². The molecular weight excluding hydrogens is 477 g/mol. The Morgan fingerprint density at radius 2 is 1.90 bits per heavy atom. The van der Waals surface area contributed by atoms with Gasteiger partial charge in [-0.3, -0.25) is 4.18 Å². The molecule has 1 saturated carbocycles. The zero-order valence-corrected chi connectivity index (χ0v) is 22.1. The summed E-state index contributed by atoms with van der Waals surface area (Å²) in [5.74, 6) is 0.706. The van der Waals surface area contributed by atoms with Crippen LogP contribution in [0.5, 0.6) is 0 Å². The second kappa shape index (κ2) is 8.96. The van der Waals surface area contributed by atoms with Gasteiger partial charge in [-0.15, -0.1) is 0 Å². The zero-order chi connectivity index (χ0) is 23.2. The van der Waals surface area contributed by atoms with E-state index in [2.05, 4.69) is 57.5 Å². The number of fused-ring (bicyclic) bond motifs is 3. The Morgan fingerprint density at radius 3 is 2.48 bits per heavy atom. The van der Waals surface area contributed by atoms with Gasteiger partial charge in [0, 0.05) is 6.04 Å². The fraction of sp³-hybridized carbons (Fsp3) is 0.739. The van der Waals surface area contributed by atoms with E-state index < -0.39 is 20.7 Å². The summed E-state index contributed by atoms with van der Waals surface area (Å²) in [5.41, 5.74) is 3.67. The lowest BCUT2D eigenvalue weighted by atomic mass is 9.48. The predicted octanol–water partition coefficient (Wildman–Crippen LogP) is 6.95. The number of nitrogens with one attached hydrogen (secondary N) is 1. The summed E-state index contributed by atoms with van der Waals surface area (Å²) in [6.45, 7) is 10.7. The molecule has 0 aliphatic heterocycles. The van der Waals surface area contributed by atoms with Crippen molar-refractivity contribution in [2.45, 2.75) is 87.9 Å². The lowest BCUT2D eigenvalue weighted by molar-refractivity contribution is 0.0139. The Kier molecular flexibility index (Phi) is 7.39. The van der Waals surface area contributed by atoms with Crippen LogP contribution in [0.3, 0.4) is 0 Å². The second-order valence-electron chi connectivity index (χ2n) is 10.1. The molecule has 0 aromatic heterocycles. The van der Waals surface area contributed by atoms with Crippen LogP contribution >= 0.6 is 34.8 Å². The Morgan fingerprint density at radius 1 is 1.23 bits per heavy atom. The van der Waals surface area contributed by atoms with E-state index >= 15 is 0 Å². The smallest absolute Gasteiger partial charge is 0.254 e. The molecule has 3 rings (SSSR count). The van der Waals surface area contributed by atoms with Gasteiger partial charge in [0.2, 0.25) is 3.79 Å². The van der Waals surface area contributed by atoms with Crippen LogP contribution in [0.25, 0.3) is 0 Å². The molecule has 4 nitrogen and oxygen atoms in total. The minimum absolute atomic E-state index is 0.0220. The van der Waals surface area contributed by atoms with Gasteiger partial charge in [-0.1, -0.05) is 100 Å². The molecule has 0 spiro atoms. The Bertz CT molecular complexity index is 915. The van der Waals surface area contributed by atoms with E-state index in [0.717, 1.165) is 31.2 Å². The SMILES string of the molecule is CC[C@]1(C)CCC[C@]2(C)c3ccc(C(C)C)cc3[C@H](NS(=O)(=O)OCC(Cl)(Cl)Cl)C[C@@H]12. The molecule has 8 heteroatoms. The highest BCUT2D eigenvalue weighted by Crippen LogP contribution is 2.60. The Labute approximate surface area is 202 Å². The van der Waals surface area contributed by atoms with Gasteiger partial charge in [0.05, 0.1) is 0 Å². The molecule has 0 bridgehead atoms. The van der Waals surface area contributed by atoms with Crippen molar-refractivity contribution in [2.75, 3.05) is 6.61 Å². The van der Waals surface area contributed by atoms with Gasteiger partial charge >= 0.3 is 10.3 Å². The van der Waals surface area contributed by atoms with Crippen molar-refractivity contribution in [3.05, 3.63) is 34.9 Å². The Balaban J connectivity index is 2.05. The average molecular weight is 511 g/mol. The highest BCUT2D eigenvalue weighted by Gasteiger charge is 2.53. The molecule has 0 unspecified atom stereocenters. The van der Waals surface area contributed by atoms with Crippen molar-refractivity contribution in [1.82, 2.24) is 4.72 Å². The van der Waals surface area contributed by atoms with E-state index in [1.165, 1.54) is 17.5 Å². The predicted molar refractivity (Wildman–Crippen MR) is 129 cm³/mol. The molecule has 0 amide bonds. The monoisotopic (exact) mass is 509 g/mol. The molecule has 31 heavy (non-hydrogen) atoms. The van der Waals surface area contributed by atoms with Gasteiger partial charge in [-0.25, -0.2) is 0 Å². The maximum Gasteiger partial charge on any atom is 0.336 e. The van der Waals surface area contributed by atoms with Crippen molar-refractivity contribution in [3.63, 3.8) is 0 Å². The van der Waals surface area contributed by atoms with E-state index in [0.29, 0.717) is 11.8 Å². The first-order chi connectivity index (χ1) is 14.2. The maximum atomic E-state index is 12.7. The van der Waals surface area contributed by atoms with Crippen molar-refractivity contribution in [2.24, 2.45) is 11.3 Å². The van der Waals surface area contributed by atoms with E-state index in [1.807, 2.05) is 0 Å². The highest BCUT2D eigenvalue weighted by atomic mass is 35.6. The summed E-state index contributed by atoms with van der Waals surface area (Å²) in [4.78, 5) is 0. The Hall–Kier alpha value is -0.0400. The highest BCUT2D eigenvalue weighted by molar-refractivity contribution is 7.84. The van der Waals surface area contributed by atoms with Crippen LogP contribution < -0.4 is 4.72 Å². The van der Waals surface area contributed by atoms with Gasteiger partial charge in [0.25, 0.3) is 0 Å². The lowest BCUT2D eigenvalue weighted by Gasteiger charge is -2.57. The molecule has 176 valence electrons. The largest absolute Gasteiger partial charge is 0.336 e. The van der Waals surface area contributed by atoms with Crippen molar-refractivity contribution in [3.8, 4) is 0 Å². The third kappa shape index (κ3) is 5.38. The van der Waals surface area contributed by atoms with Gasteiger partial charge in [-0.05, 0) is 58.6 Å². The summed E-state index contributed by atoms with van der Waals surface area (Å²) in [7, 11) is -4.10. The quantitative estimate of drug-likeness (QED) is 0.421. The number of alkyl halides is 3. The molecule has 2 aliphatic rings. The fourth-order valence-electron chi connectivity index (χ4n) is 5.84. The molecule has 1 aromatic carbocycles. The van der Waals surface area contributed by atoms with E-state index in [4.69, 9.17) is 39.0 Å². The standard InChI is InChI=1S/C23H34Cl3NO3S/c1-6-21(4)10-7-11-22(5)18-9-8-16(15(2)3)12-17(18)19(13-20(21)22)27-31(28,29)30-14-23(24,25)26/h8-9,12,15,19-20,27H,6-7,10-11,13-14H2,1-5H3/t19-,20+,21-,22-/m1/s1. The molecule has 1 N–H and O–H groups in total. The average Bonchev–Trinajstić information content (AvgIpc) is 2.67. The molecule has 4 atom stereocenters. The minimum Gasteiger partial charge on any atom is -0.254 e. The first kappa shape index (κ1) is 25.6. The molecule has 0 radical (unpaired) electrons. The number of benzene rings is 1. The van der Waals surface area contributed by atoms with Gasteiger partial charge in [-0.2, -0.15) is 13.1 Å². The van der Waals surface area contributed by atoms with Gasteiger partial charge in [0.15, 0.2) is 0 Å². The first-order valence-corrected chi connectivity index (χ1v) is 13.6.